The molecule has 1 aliphatic rings. The molecule has 0 radical (unpaired) electrons. The molecule has 2 aromatic rings. The summed E-state index contributed by atoms with van der Waals surface area (Å²) < 4.78 is 21.3. The molecule has 20 heavy (non-hydrogen) atoms. The van der Waals surface area contributed by atoms with Gasteiger partial charge in [-0.2, -0.15) is 0 Å². The van der Waals surface area contributed by atoms with Gasteiger partial charge in [0, 0.05) is 6.04 Å². The molecular weight excluding hydrogens is 252 g/mol. The number of hydrogen-bond donors (Lipinski definition) is 0. The van der Waals surface area contributed by atoms with Crippen LogP contribution in [0.5, 0.6) is 0 Å². The molecule has 4 heteroatoms. The number of nitrogens with zero attached hydrogens (tertiary/aromatic N) is 1. The third kappa shape index (κ3) is 2.05. The van der Waals surface area contributed by atoms with Gasteiger partial charge >= 0.3 is 6.76 Å². The average Bonchev–Trinajstić information content (AvgIpc) is 2.75. The number of rotatable bonds is 2. The van der Waals surface area contributed by atoms with Gasteiger partial charge in [-0.1, -0.05) is 60.7 Å². The molecule has 3 atom stereocenters. The van der Waals surface area contributed by atoms with Crippen LogP contribution in [0.1, 0.15) is 18.6 Å². The van der Waals surface area contributed by atoms with Crippen molar-refractivity contribution in [3.63, 3.8) is 0 Å². The lowest BCUT2D eigenvalue weighted by Gasteiger charge is -2.36. The topological polar surface area (TPSA) is 12.5 Å². The molecule has 0 amide bonds. The van der Waals surface area contributed by atoms with E-state index in [1.54, 1.807) is 24.0 Å². The van der Waals surface area contributed by atoms with Crippen LogP contribution in [0.2, 0.25) is 0 Å². The summed E-state index contributed by atoms with van der Waals surface area (Å²) >= 11 is 0. The Morgan fingerprint density at radius 1 is 1.00 bits per heavy atom. The van der Waals surface area contributed by atoms with Crippen molar-refractivity contribution in [3.8, 4) is 0 Å². The fourth-order valence-electron chi connectivity index (χ4n) is 2.92. The molecule has 2 aromatic carbocycles. The van der Waals surface area contributed by atoms with Crippen LogP contribution in [0.4, 0.5) is 4.32 Å². The Morgan fingerprint density at radius 3 is 2.15 bits per heavy atom. The first-order chi connectivity index (χ1) is 9.63. The summed E-state index contributed by atoms with van der Waals surface area (Å²) in [4.78, 5) is 1.72. The Bertz CT molecular complexity index is 580. The van der Waals surface area contributed by atoms with Crippen LogP contribution >= 0.6 is 0 Å². The Hall–Kier alpha value is -1.65. The second-order valence-electron chi connectivity index (χ2n) is 5.43. The van der Waals surface area contributed by atoms with Crippen LogP contribution in [-0.4, -0.2) is 24.7 Å². The number of benzene rings is 2. The maximum Gasteiger partial charge on any atom is 0.380 e. The quantitative estimate of drug-likeness (QED) is 0.778. The van der Waals surface area contributed by atoms with E-state index in [0.717, 1.165) is 5.56 Å². The van der Waals surface area contributed by atoms with E-state index in [-0.39, 0.29) is 12.1 Å². The monoisotopic (exact) mass is 270 g/mol. The van der Waals surface area contributed by atoms with Crippen LogP contribution in [0.15, 0.2) is 60.7 Å². The Labute approximate surface area is 119 Å². The molecular formula is C16H18BFNO-. The average molecular weight is 270 g/mol. The smallest absolute Gasteiger partial charge is 0.380 e. The molecule has 1 saturated heterocycles. The molecule has 3 rings (SSSR count). The zero-order valence-electron chi connectivity index (χ0n) is 11.7. The molecule has 0 bridgehead atoms. The normalized spacial score (nSPS) is 30.6. The minimum atomic E-state index is -2.62. The lowest BCUT2D eigenvalue weighted by atomic mass is 9.66. The largest absolute Gasteiger partial charge is 0.541 e. The summed E-state index contributed by atoms with van der Waals surface area (Å²) in [6, 6.07) is 19.0. The first kappa shape index (κ1) is 13.3. The Balaban J connectivity index is 1.97. The van der Waals surface area contributed by atoms with E-state index in [4.69, 9.17) is 4.65 Å². The second-order valence-corrected chi connectivity index (χ2v) is 5.43. The molecule has 0 aromatic heterocycles. The minimum absolute atomic E-state index is 0.0115. The van der Waals surface area contributed by atoms with Crippen molar-refractivity contribution in [3.05, 3.63) is 66.2 Å². The van der Waals surface area contributed by atoms with Crippen LogP contribution < -0.4 is 5.46 Å². The van der Waals surface area contributed by atoms with Gasteiger partial charge in [-0.05, 0) is 19.5 Å². The van der Waals surface area contributed by atoms with Crippen LogP contribution in [0, 0.1) is 0 Å². The lowest BCUT2D eigenvalue weighted by molar-refractivity contribution is 0.195. The molecule has 104 valence electrons. The summed E-state index contributed by atoms with van der Waals surface area (Å²) in [7, 11) is 1.79. The molecule has 1 heterocycles. The molecule has 3 unspecified atom stereocenters. The van der Waals surface area contributed by atoms with Crippen molar-refractivity contribution < 1.29 is 8.97 Å². The fraction of sp³-hybridized carbons (Fsp3) is 0.250. The number of halogens is 1. The molecule has 0 aliphatic carbocycles. The fourth-order valence-corrected chi connectivity index (χ4v) is 2.92. The van der Waals surface area contributed by atoms with Crippen molar-refractivity contribution in [1.29, 1.82) is 0 Å². The van der Waals surface area contributed by atoms with Crippen LogP contribution in [0.3, 0.4) is 0 Å². The highest BCUT2D eigenvalue weighted by Crippen LogP contribution is 2.37. The lowest BCUT2D eigenvalue weighted by Crippen LogP contribution is -2.56. The van der Waals surface area contributed by atoms with E-state index in [1.165, 1.54) is 0 Å². The molecule has 1 aliphatic heterocycles. The Kier molecular flexibility index (Phi) is 3.36. The van der Waals surface area contributed by atoms with Gasteiger partial charge in [-0.25, -0.2) is 0 Å². The van der Waals surface area contributed by atoms with Gasteiger partial charge in [0.25, 0.3) is 0 Å². The second kappa shape index (κ2) is 5.04. The van der Waals surface area contributed by atoms with E-state index in [9.17, 15) is 0 Å². The van der Waals surface area contributed by atoms with Crippen LogP contribution in [-0.2, 0) is 4.65 Å². The zero-order chi connectivity index (χ0) is 14.2. The van der Waals surface area contributed by atoms with Crippen molar-refractivity contribution >= 4 is 12.2 Å². The summed E-state index contributed by atoms with van der Waals surface area (Å²) in [6.45, 7) is -0.621. The van der Waals surface area contributed by atoms with E-state index < -0.39 is 6.76 Å². The maximum atomic E-state index is 15.4. The van der Waals surface area contributed by atoms with E-state index in [1.807, 2.05) is 55.5 Å². The summed E-state index contributed by atoms with van der Waals surface area (Å²) in [6.07, 6.45) is -0.244. The van der Waals surface area contributed by atoms with Crippen LogP contribution in [0.25, 0.3) is 0 Å². The van der Waals surface area contributed by atoms with Gasteiger partial charge in [0.1, 0.15) is 0 Å². The highest BCUT2D eigenvalue weighted by molar-refractivity contribution is 6.78. The SMILES string of the molecule is CC1C(c2ccccc2)O[B-](F)(c2ccccc2)N1C. The molecule has 1 fully saturated rings. The molecule has 0 spiro atoms. The van der Waals surface area contributed by atoms with Gasteiger partial charge in [0.05, 0.1) is 6.10 Å². The van der Waals surface area contributed by atoms with Gasteiger partial charge in [-0.15, -0.1) is 5.46 Å². The zero-order valence-corrected chi connectivity index (χ0v) is 11.7. The number of hydrogen-bond acceptors (Lipinski definition) is 2. The number of likely N-dealkylation sites (N-methyl/N-ethyl adjacent to an activating group) is 1. The third-order valence-electron chi connectivity index (χ3n) is 4.27. The van der Waals surface area contributed by atoms with E-state index in [2.05, 4.69) is 0 Å². The predicted octanol–water partition coefficient (Wildman–Crippen LogP) is 2.89. The molecule has 0 N–H and O–H groups in total. The molecule has 0 saturated carbocycles. The highest BCUT2D eigenvalue weighted by atomic mass is 19.1. The highest BCUT2D eigenvalue weighted by Gasteiger charge is 2.45. The maximum absolute atomic E-state index is 15.4. The summed E-state index contributed by atoms with van der Waals surface area (Å²) in [5.41, 5.74) is 1.62. The Morgan fingerprint density at radius 2 is 1.55 bits per heavy atom. The van der Waals surface area contributed by atoms with E-state index in [0.29, 0.717) is 5.46 Å². The first-order valence-electron chi connectivity index (χ1n) is 6.96. The molecule has 2 nitrogen and oxygen atoms in total. The van der Waals surface area contributed by atoms with Gasteiger partial charge in [0.2, 0.25) is 0 Å². The van der Waals surface area contributed by atoms with Crippen molar-refractivity contribution in [2.45, 2.75) is 19.1 Å². The standard InChI is InChI=1S/C16H18BFNO/c1-13-16(14-9-5-3-6-10-14)20-17(18,19(13)2)15-11-7-4-8-12-15/h3-13,16H,1-2H3/q-1. The van der Waals surface area contributed by atoms with Crippen molar-refractivity contribution in [2.75, 3.05) is 7.05 Å². The first-order valence-corrected chi connectivity index (χ1v) is 6.96. The van der Waals surface area contributed by atoms with Crippen molar-refractivity contribution in [2.24, 2.45) is 0 Å². The van der Waals surface area contributed by atoms with Gasteiger partial charge < -0.3 is 13.8 Å². The van der Waals surface area contributed by atoms with Gasteiger partial charge in [-0.3, -0.25) is 0 Å². The van der Waals surface area contributed by atoms with Crippen molar-refractivity contribution in [1.82, 2.24) is 4.81 Å². The van der Waals surface area contributed by atoms with E-state index >= 15 is 4.32 Å². The summed E-state index contributed by atoms with van der Waals surface area (Å²) in [5, 5.41) is 0. The van der Waals surface area contributed by atoms with Gasteiger partial charge in [0.15, 0.2) is 0 Å². The predicted molar refractivity (Wildman–Crippen MR) is 80.4 cm³/mol. The summed E-state index contributed by atoms with van der Waals surface area (Å²) in [5.74, 6) is 0. The third-order valence-corrected chi connectivity index (χ3v) is 4.27. The minimum Gasteiger partial charge on any atom is -0.541 e.